The van der Waals surface area contributed by atoms with Crippen molar-refractivity contribution in [3.05, 3.63) is 29.6 Å². The van der Waals surface area contributed by atoms with E-state index in [1.807, 2.05) is 13.8 Å². The molecular weight excluding hydrogens is 247 g/mol. The summed E-state index contributed by atoms with van der Waals surface area (Å²) in [6, 6.07) is 5.86. The largest absolute Gasteiger partial charge is 0.482 e. The Labute approximate surface area is 112 Å². The summed E-state index contributed by atoms with van der Waals surface area (Å²) in [5.74, 6) is -0.852. The van der Waals surface area contributed by atoms with E-state index in [0.29, 0.717) is 0 Å². The average molecular weight is 264 g/mol. The number of benzene rings is 1. The van der Waals surface area contributed by atoms with Gasteiger partial charge in [-0.25, -0.2) is 4.39 Å². The van der Waals surface area contributed by atoms with Crippen molar-refractivity contribution in [3.63, 3.8) is 0 Å². The van der Waals surface area contributed by atoms with Gasteiger partial charge in [-0.05, 0) is 25.5 Å². The summed E-state index contributed by atoms with van der Waals surface area (Å²) in [5.41, 5.74) is -0.183. The molecule has 1 N–H and O–H groups in total. The molecule has 0 fully saturated rings. The molecule has 0 heterocycles. The first-order valence-electron chi connectivity index (χ1n) is 6.19. The third-order valence-electron chi connectivity index (χ3n) is 2.58. The minimum absolute atomic E-state index is 0.0732. The second-order valence-corrected chi connectivity index (χ2v) is 4.27. The summed E-state index contributed by atoms with van der Waals surface area (Å²) >= 11 is 0. The zero-order valence-electron chi connectivity index (χ0n) is 11.1. The number of nitrogens with one attached hydrogen (secondary N) is 1. The van der Waals surface area contributed by atoms with E-state index in [1.54, 1.807) is 6.07 Å². The molecular formula is C14H17FN2O2. The first-order valence-corrected chi connectivity index (χ1v) is 6.19. The van der Waals surface area contributed by atoms with Crippen molar-refractivity contribution < 1.29 is 13.9 Å². The Morgan fingerprint density at radius 1 is 1.58 bits per heavy atom. The van der Waals surface area contributed by atoms with Crippen LogP contribution in [0.15, 0.2) is 18.2 Å². The summed E-state index contributed by atoms with van der Waals surface area (Å²) < 4.78 is 18.5. The molecule has 5 heteroatoms. The second kappa shape index (κ2) is 7.37. The number of rotatable bonds is 6. The fourth-order valence-corrected chi connectivity index (χ4v) is 1.70. The molecule has 19 heavy (non-hydrogen) atoms. The molecule has 0 saturated carbocycles. The fourth-order valence-electron chi connectivity index (χ4n) is 1.70. The van der Waals surface area contributed by atoms with Crippen molar-refractivity contribution in [3.8, 4) is 11.8 Å². The van der Waals surface area contributed by atoms with Gasteiger partial charge in [0.1, 0.15) is 23.2 Å². The lowest BCUT2D eigenvalue weighted by Crippen LogP contribution is -2.36. The van der Waals surface area contributed by atoms with E-state index >= 15 is 0 Å². The highest BCUT2D eigenvalue weighted by Crippen LogP contribution is 2.20. The van der Waals surface area contributed by atoms with Gasteiger partial charge in [0.25, 0.3) is 5.91 Å². The van der Waals surface area contributed by atoms with Crippen LogP contribution in [0.1, 0.15) is 32.3 Å². The molecule has 0 aliphatic rings. The van der Waals surface area contributed by atoms with Crippen LogP contribution in [0.4, 0.5) is 4.39 Å². The molecule has 102 valence electrons. The summed E-state index contributed by atoms with van der Waals surface area (Å²) in [6.45, 7) is 3.71. The topological polar surface area (TPSA) is 62.1 Å². The van der Waals surface area contributed by atoms with Crippen LogP contribution in [0, 0.1) is 17.1 Å². The maximum atomic E-state index is 13.3. The van der Waals surface area contributed by atoms with Crippen molar-refractivity contribution in [1.29, 1.82) is 5.26 Å². The Hall–Kier alpha value is -2.09. The van der Waals surface area contributed by atoms with Crippen LogP contribution in [-0.2, 0) is 4.79 Å². The van der Waals surface area contributed by atoms with E-state index in [4.69, 9.17) is 10.00 Å². The van der Waals surface area contributed by atoms with E-state index in [0.717, 1.165) is 12.8 Å². The summed E-state index contributed by atoms with van der Waals surface area (Å²) in [5, 5.41) is 11.6. The Morgan fingerprint density at radius 2 is 2.32 bits per heavy atom. The standard InChI is InChI=1S/C14H17FN2O2/c1-3-5-10(2)17-14(18)9-19-13-7-4-6-12(15)11(13)8-16/h4,6-7,10H,3,5,9H2,1-2H3,(H,17,18). The van der Waals surface area contributed by atoms with Crippen LogP contribution in [0.25, 0.3) is 0 Å². The highest BCUT2D eigenvalue weighted by molar-refractivity contribution is 5.77. The summed E-state index contributed by atoms with van der Waals surface area (Å²) in [4.78, 5) is 11.6. The zero-order valence-corrected chi connectivity index (χ0v) is 11.1. The molecule has 1 rings (SSSR count). The van der Waals surface area contributed by atoms with E-state index in [2.05, 4.69) is 5.32 Å². The number of nitrogens with zero attached hydrogens (tertiary/aromatic N) is 1. The number of hydrogen-bond acceptors (Lipinski definition) is 3. The van der Waals surface area contributed by atoms with Gasteiger partial charge in [-0.3, -0.25) is 4.79 Å². The lowest BCUT2D eigenvalue weighted by Gasteiger charge is -2.13. The SMILES string of the molecule is CCCC(C)NC(=O)COc1cccc(F)c1C#N. The Bertz CT molecular complexity index is 483. The van der Waals surface area contributed by atoms with Crippen molar-refractivity contribution in [2.24, 2.45) is 0 Å². The van der Waals surface area contributed by atoms with Gasteiger partial charge in [-0.1, -0.05) is 19.4 Å². The second-order valence-electron chi connectivity index (χ2n) is 4.27. The molecule has 1 atom stereocenters. The van der Waals surface area contributed by atoms with Gasteiger partial charge in [-0.2, -0.15) is 5.26 Å². The molecule has 0 aliphatic carbocycles. The first-order chi connectivity index (χ1) is 9.08. The van der Waals surface area contributed by atoms with Crippen molar-refractivity contribution in [2.75, 3.05) is 6.61 Å². The average Bonchev–Trinajstić information content (AvgIpc) is 2.36. The van der Waals surface area contributed by atoms with E-state index < -0.39 is 5.82 Å². The smallest absolute Gasteiger partial charge is 0.258 e. The molecule has 1 amide bonds. The predicted molar refractivity (Wildman–Crippen MR) is 69.1 cm³/mol. The van der Waals surface area contributed by atoms with Gasteiger partial charge in [0.2, 0.25) is 0 Å². The van der Waals surface area contributed by atoms with E-state index in [-0.39, 0.29) is 29.9 Å². The van der Waals surface area contributed by atoms with Crippen molar-refractivity contribution in [1.82, 2.24) is 5.32 Å². The Morgan fingerprint density at radius 3 is 2.95 bits per heavy atom. The molecule has 0 spiro atoms. The van der Waals surface area contributed by atoms with Gasteiger partial charge in [-0.15, -0.1) is 0 Å². The number of halogens is 1. The minimum Gasteiger partial charge on any atom is -0.482 e. The van der Waals surface area contributed by atoms with Crippen LogP contribution in [-0.4, -0.2) is 18.6 Å². The van der Waals surface area contributed by atoms with Crippen molar-refractivity contribution in [2.45, 2.75) is 32.7 Å². The van der Waals surface area contributed by atoms with Gasteiger partial charge < -0.3 is 10.1 Å². The maximum Gasteiger partial charge on any atom is 0.258 e. The third-order valence-corrected chi connectivity index (χ3v) is 2.58. The van der Waals surface area contributed by atoms with E-state index in [1.165, 1.54) is 18.2 Å². The quantitative estimate of drug-likeness (QED) is 0.858. The summed E-state index contributed by atoms with van der Waals surface area (Å²) in [6.07, 6.45) is 1.86. The number of nitriles is 1. The van der Waals surface area contributed by atoms with Gasteiger partial charge in [0.05, 0.1) is 0 Å². The van der Waals surface area contributed by atoms with Gasteiger partial charge in [0.15, 0.2) is 6.61 Å². The predicted octanol–water partition coefficient (Wildman–Crippen LogP) is 2.38. The number of carbonyl (C=O) groups is 1. The van der Waals surface area contributed by atoms with E-state index in [9.17, 15) is 9.18 Å². The summed E-state index contributed by atoms with van der Waals surface area (Å²) in [7, 11) is 0. The third kappa shape index (κ3) is 4.59. The molecule has 1 aromatic rings. The maximum absolute atomic E-state index is 13.3. The van der Waals surface area contributed by atoms with Crippen LogP contribution in [0.5, 0.6) is 5.75 Å². The van der Waals surface area contributed by atoms with Crippen LogP contribution >= 0.6 is 0 Å². The molecule has 4 nitrogen and oxygen atoms in total. The van der Waals surface area contributed by atoms with Crippen LogP contribution < -0.4 is 10.1 Å². The number of amides is 1. The highest BCUT2D eigenvalue weighted by Gasteiger charge is 2.11. The van der Waals surface area contributed by atoms with Gasteiger partial charge in [0, 0.05) is 6.04 Å². The molecule has 1 unspecified atom stereocenters. The minimum atomic E-state index is -0.653. The lowest BCUT2D eigenvalue weighted by molar-refractivity contribution is -0.123. The highest BCUT2D eigenvalue weighted by atomic mass is 19.1. The first kappa shape index (κ1) is 15.0. The molecule has 0 radical (unpaired) electrons. The molecule has 0 bridgehead atoms. The lowest BCUT2D eigenvalue weighted by atomic mass is 10.2. The number of ether oxygens (including phenoxy) is 1. The molecule has 0 aliphatic heterocycles. The van der Waals surface area contributed by atoms with Crippen LogP contribution in [0.3, 0.4) is 0 Å². The molecule has 0 aromatic heterocycles. The zero-order chi connectivity index (χ0) is 14.3. The Balaban J connectivity index is 2.56. The molecule has 1 aromatic carbocycles. The number of hydrogen-bond donors (Lipinski definition) is 1. The van der Waals surface area contributed by atoms with Gasteiger partial charge >= 0.3 is 0 Å². The van der Waals surface area contributed by atoms with Crippen LogP contribution in [0.2, 0.25) is 0 Å². The van der Waals surface area contributed by atoms with Crippen molar-refractivity contribution >= 4 is 5.91 Å². The molecule has 0 saturated heterocycles. The monoisotopic (exact) mass is 264 g/mol. The number of carbonyl (C=O) groups excluding carboxylic acids is 1. The Kier molecular flexibility index (Phi) is 5.80. The normalized spacial score (nSPS) is 11.5. The fraction of sp³-hybridized carbons (Fsp3) is 0.429.